The molecule has 0 fully saturated rings. The zero-order valence-corrected chi connectivity index (χ0v) is 12.6. The predicted octanol–water partition coefficient (Wildman–Crippen LogP) is 4.74. The van der Waals surface area contributed by atoms with Gasteiger partial charge in [0, 0.05) is 5.56 Å². The number of H-pyrrole nitrogens is 1. The maximum atomic E-state index is 6.23. The molecular weight excluding hydrogens is 293 g/mol. The normalized spacial score (nSPS) is 11.2. The third-order valence-corrected chi connectivity index (χ3v) is 3.90. The number of hydrogen-bond donors (Lipinski definition) is 2. The molecule has 0 unspecified atom stereocenters. The molecule has 0 saturated heterocycles. The predicted molar refractivity (Wildman–Crippen MR) is 85.4 cm³/mol. The number of imidazole rings is 1. The van der Waals surface area contributed by atoms with Crippen molar-refractivity contribution in [3.63, 3.8) is 0 Å². The van der Waals surface area contributed by atoms with E-state index in [-0.39, 0.29) is 0 Å². The van der Waals surface area contributed by atoms with Crippen molar-refractivity contribution in [1.82, 2.24) is 9.97 Å². The van der Waals surface area contributed by atoms with Crippen molar-refractivity contribution in [2.75, 3.05) is 5.73 Å². The summed E-state index contributed by atoms with van der Waals surface area (Å²) in [7, 11) is 0. The molecule has 0 aliphatic carbocycles. The van der Waals surface area contributed by atoms with Crippen LogP contribution in [0.1, 0.15) is 11.1 Å². The summed E-state index contributed by atoms with van der Waals surface area (Å²) in [6.07, 6.45) is 0. The molecule has 20 heavy (non-hydrogen) atoms. The van der Waals surface area contributed by atoms with E-state index in [0.717, 1.165) is 22.2 Å². The van der Waals surface area contributed by atoms with Gasteiger partial charge in [-0.15, -0.1) is 0 Å². The Hall–Kier alpha value is -1.71. The highest BCUT2D eigenvalue weighted by atomic mass is 35.5. The van der Waals surface area contributed by atoms with Crippen LogP contribution in [0.25, 0.3) is 22.4 Å². The summed E-state index contributed by atoms with van der Waals surface area (Å²) in [5.74, 6) is 0.696. The number of rotatable bonds is 1. The molecule has 3 nitrogen and oxygen atoms in total. The van der Waals surface area contributed by atoms with Gasteiger partial charge in [-0.3, -0.25) is 0 Å². The van der Waals surface area contributed by atoms with Crippen molar-refractivity contribution in [3.05, 3.63) is 45.4 Å². The van der Waals surface area contributed by atoms with E-state index in [2.05, 4.69) is 29.0 Å². The zero-order valence-electron chi connectivity index (χ0n) is 11.1. The van der Waals surface area contributed by atoms with Gasteiger partial charge in [-0.05, 0) is 43.2 Å². The Morgan fingerprint density at radius 1 is 1.05 bits per heavy atom. The van der Waals surface area contributed by atoms with Gasteiger partial charge < -0.3 is 10.7 Å². The third-order valence-electron chi connectivity index (χ3n) is 3.26. The molecule has 0 aliphatic heterocycles. The molecule has 3 aromatic rings. The SMILES string of the molecule is Cc1cc(C)c2nc(-c3cc(N)c(Cl)cc3Cl)[nH]c2c1. The summed E-state index contributed by atoms with van der Waals surface area (Å²) < 4.78 is 0. The van der Waals surface area contributed by atoms with E-state index in [1.165, 1.54) is 5.56 Å². The highest BCUT2D eigenvalue weighted by Gasteiger charge is 2.12. The highest BCUT2D eigenvalue weighted by molar-refractivity contribution is 6.37. The molecule has 0 radical (unpaired) electrons. The molecule has 3 rings (SSSR count). The fraction of sp³-hybridized carbons (Fsp3) is 0.133. The Balaban J connectivity index is 2.25. The summed E-state index contributed by atoms with van der Waals surface area (Å²) >= 11 is 12.2. The molecular formula is C15H13Cl2N3. The van der Waals surface area contributed by atoms with Crippen LogP contribution in [0.2, 0.25) is 10.0 Å². The van der Waals surface area contributed by atoms with Crippen LogP contribution < -0.4 is 5.73 Å². The quantitative estimate of drug-likeness (QED) is 0.638. The number of nitrogen functional groups attached to an aromatic ring is 1. The number of nitrogens with zero attached hydrogens (tertiary/aromatic N) is 1. The average molecular weight is 306 g/mol. The molecule has 102 valence electrons. The molecule has 0 saturated carbocycles. The van der Waals surface area contributed by atoms with E-state index < -0.39 is 0 Å². The smallest absolute Gasteiger partial charge is 0.140 e. The van der Waals surface area contributed by atoms with Gasteiger partial charge in [0.2, 0.25) is 0 Å². The molecule has 3 N–H and O–H groups in total. The molecule has 0 atom stereocenters. The van der Waals surface area contributed by atoms with Crippen LogP contribution >= 0.6 is 23.2 Å². The van der Waals surface area contributed by atoms with E-state index >= 15 is 0 Å². The summed E-state index contributed by atoms with van der Waals surface area (Å²) in [5, 5.41) is 0.972. The number of nitrogens with two attached hydrogens (primary N) is 1. The lowest BCUT2D eigenvalue weighted by Gasteiger charge is -2.04. The van der Waals surface area contributed by atoms with Crippen molar-refractivity contribution >= 4 is 39.9 Å². The minimum absolute atomic E-state index is 0.446. The minimum Gasteiger partial charge on any atom is -0.398 e. The number of aromatic nitrogens is 2. The van der Waals surface area contributed by atoms with Crippen LogP contribution in [0.4, 0.5) is 5.69 Å². The number of halogens is 2. The first-order valence-corrected chi connectivity index (χ1v) is 6.93. The number of fused-ring (bicyclic) bond motifs is 1. The molecule has 5 heteroatoms. The monoisotopic (exact) mass is 305 g/mol. The van der Waals surface area contributed by atoms with Crippen molar-refractivity contribution in [2.45, 2.75) is 13.8 Å². The number of nitrogens with one attached hydrogen (secondary N) is 1. The summed E-state index contributed by atoms with van der Waals surface area (Å²) in [6.45, 7) is 4.10. The Morgan fingerprint density at radius 2 is 1.80 bits per heavy atom. The second-order valence-corrected chi connectivity index (χ2v) is 5.73. The van der Waals surface area contributed by atoms with Gasteiger partial charge in [0.25, 0.3) is 0 Å². The largest absolute Gasteiger partial charge is 0.398 e. The molecule has 1 aromatic heterocycles. The zero-order chi connectivity index (χ0) is 14.4. The lowest BCUT2D eigenvalue weighted by Crippen LogP contribution is -1.90. The number of anilines is 1. The van der Waals surface area contributed by atoms with Crippen LogP contribution in [-0.2, 0) is 0 Å². The first-order chi connectivity index (χ1) is 9.45. The Labute approximate surface area is 126 Å². The van der Waals surface area contributed by atoms with E-state index in [1.807, 2.05) is 6.92 Å². The minimum atomic E-state index is 0.446. The number of benzene rings is 2. The van der Waals surface area contributed by atoms with Gasteiger partial charge in [-0.2, -0.15) is 0 Å². The second-order valence-electron chi connectivity index (χ2n) is 4.92. The summed E-state index contributed by atoms with van der Waals surface area (Å²) in [6, 6.07) is 7.54. The number of aromatic amines is 1. The number of aryl methyl sites for hydroxylation is 2. The summed E-state index contributed by atoms with van der Waals surface area (Å²) in [5.41, 5.74) is 11.3. The molecule has 1 heterocycles. The van der Waals surface area contributed by atoms with Gasteiger partial charge in [0.05, 0.1) is 26.8 Å². The van der Waals surface area contributed by atoms with Gasteiger partial charge in [0.15, 0.2) is 0 Å². The van der Waals surface area contributed by atoms with Crippen molar-refractivity contribution in [2.24, 2.45) is 0 Å². The molecule has 0 bridgehead atoms. The van der Waals surface area contributed by atoms with E-state index in [9.17, 15) is 0 Å². The van der Waals surface area contributed by atoms with Gasteiger partial charge in [0.1, 0.15) is 5.82 Å². The van der Waals surface area contributed by atoms with Crippen LogP contribution in [-0.4, -0.2) is 9.97 Å². The topological polar surface area (TPSA) is 54.7 Å². The molecule has 0 aliphatic rings. The first-order valence-electron chi connectivity index (χ1n) is 6.17. The first kappa shape index (κ1) is 13.3. The lowest BCUT2D eigenvalue weighted by atomic mass is 10.1. The van der Waals surface area contributed by atoms with E-state index in [1.54, 1.807) is 12.1 Å². The fourth-order valence-electron chi connectivity index (χ4n) is 2.35. The Morgan fingerprint density at radius 3 is 2.55 bits per heavy atom. The average Bonchev–Trinajstić information content (AvgIpc) is 2.77. The Kier molecular flexibility index (Phi) is 3.11. The van der Waals surface area contributed by atoms with Crippen LogP contribution in [0.15, 0.2) is 24.3 Å². The highest BCUT2D eigenvalue weighted by Crippen LogP contribution is 2.34. The van der Waals surface area contributed by atoms with E-state index in [0.29, 0.717) is 21.6 Å². The van der Waals surface area contributed by atoms with Crippen LogP contribution in [0.5, 0.6) is 0 Å². The van der Waals surface area contributed by atoms with Crippen LogP contribution in [0.3, 0.4) is 0 Å². The van der Waals surface area contributed by atoms with E-state index in [4.69, 9.17) is 28.9 Å². The Bertz CT molecular complexity index is 822. The molecule has 0 amide bonds. The summed E-state index contributed by atoms with van der Waals surface area (Å²) in [4.78, 5) is 7.90. The number of hydrogen-bond acceptors (Lipinski definition) is 2. The van der Waals surface area contributed by atoms with Gasteiger partial charge in [-0.25, -0.2) is 4.98 Å². The van der Waals surface area contributed by atoms with Crippen molar-refractivity contribution in [3.8, 4) is 11.4 Å². The van der Waals surface area contributed by atoms with Crippen molar-refractivity contribution < 1.29 is 0 Å². The van der Waals surface area contributed by atoms with Gasteiger partial charge >= 0.3 is 0 Å². The van der Waals surface area contributed by atoms with Crippen LogP contribution in [0, 0.1) is 13.8 Å². The maximum absolute atomic E-state index is 6.23. The van der Waals surface area contributed by atoms with Crippen molar-refractivity contribution in [1.29, 1.82) is 0 Å². The fourth-order valence-corrected chi connectivity index (χ4v) is 2.82. The van der Waals surface area contributed by atoms with Gasteiger partial charge in [-0.1, -0.05) is 29.3 Å². The third kappa shape index (κ3) is 2.13. The maximum Gasteiger partial charge on any atom is 0.140 e. The molecule has 2 aromatic carbocycles. The standard InChI is InChI=1S/C15H13Cl2N3/c1-7-3-8(2)14-13(4-7)19-15(20-14)9-5-12(18)11(17)6-10(9)16/h3-6H,18H2,1-2H3,(H,19,20). The lowest BCUT2D eigenvalue weighted by molar-refractivity contribution is 1.33. The molecule has 0 spiro atoms. The second kappa shape index (κ2) is 4.69.